The first-order chi connectivity index (χ1) is 12.5. The number of anilines is 1. The van der Waals surface area contributed by atoms with Gasteiger partial charge in [-0.1, -0.05) is 6.07 Å². The van der Waals surface area contributed by atoms with E-state index in [2.05, 4.69) is 10.4 Å². The van der Waals surface area contributed by atoms with Gasteiger partial charge in [0.25, 0.3) is 5.91 Å². The number of rotatable bonds is 5. The summed E-state index contributed by atoms with van der Waals surface area (Å²) in [6.07, 6.45) is 0. The Morgan fingerprint density at radius 3 is 2.50 bits per heavy atom. The zero-order valence-electron chi connectivity index (χ0n) is 14.6. The van der Waals surface area contributed by atoms with Gasteiger partial charge in [-0.25, -0.2) is 4.39 Å². The van der Waals surface area contributed by atoms with Gasteiger partial charge in [-0.3, -0.25) is 9.48 Å². The number of aromatic nitrogens is 2. The molecule has 3 aromatic rings. The third-order valence-corrected chi connectivity index (χ3v) is 3.89. The van der Waals surface area contributed by atoms with Crippen LogP contribution in [0.4, 0.5) is 10.1 Å². The molecule has 0 saturated carbocycles. The molecule has 0 aliphatic heterocycles. The van der Waals surface area contributed by atoms with E-state index in [1.54, 1.807) is 56.6 Å². The van der Waals surface area contributed by atoms with Crippen molar-refractivity contribution in [3.63, 3.8) is 0 Å². The van der Waals surface area contributed by atoms with E-state index in [1.807, 2.05) is 0 Å². The normalized spacial score (nSPS) is 10.5. The van der Waals surface area contributed by atoms with Crippen LogP contribution in [-0.2, 0) is 7.05 Å². The van der Waals surface area contributed by atoms with Crippen molar-refractivity contribution in [3.8, 4) is 22.8 Å². The van der Waals surface area contributed by atoms with Crippen molar-refractivity contribution in [2.45, 2.75) is 0 Å². The van der Waals surface area contributed by atoms with Gasteiger partial charge in [-0.2, -0.15) is 5.10 Å². The van der Waals surface area contributed by atoms with Crippen molar-refractivity contribution in [3.05, 3.63) is 60.0 Å². The lowest BCUT2D eigenvalue weighted by molar-refractivity contribution is 0.102. The number of carbonyl (C=O) groups excluding carboxylic acids is 1. The first-order valence-electron chi connectivity index (χ1n) is 7.85. The second kappa shape index (κ2) is 7.26. The number of aryl methyl sites for hydroxylation is 1. The number of methoxy groups -OCH3 is 2. The zero-order chi connectivity index (χ0) is 18.7. The van der Waals surface area contributed by atoms with Crippen LogP contribution in [0.15, 0.2) is 48.5 Å². The summed E-state index contributed by atoms with van der Waals surface area (Å²) in [6.45, 7) is 0. The maximum Gasteiger partial charge on any atom is 0.276 e. The van der Waals surface area contributed by atoms with Crippen LogP contribution in [0.1, 0.15) is 10.5 Å². The monoisotopic (exact) mass is 355 g/mol. The maximum absolute atomic E-state index is 14.3. The smallest absolute Gasteiger partial charge is 0.276 e. The molecule has 0 fully saturated rings. The number of carbonyl (C=O) groups is 1. The van der Waals surface area contributed by atoms with Gasteiger partial charge in [-0.05, 0) is 30.3 Å². The lowest BCUT2D eigenvalue weighted by Gasteiger charge is -2.05. The first kappa shape index (κ1) is 17.5. The summed E-state index contributed by atoms with van der Waals surface area (Å²) >= 11 is 0. The Morgan fingerprint density at radius 2 is 1.81 bits per heavy atom. The topological polar surface area (TPSA) is 65.4 Å². The summed E-state index contributed by atoms with van der Waals surface area (Å²) in [5.41, 5.74) is 1.58. The Hall–Kier alpha value is -3.35. The fraction of sp³-hybridized carbons (Fsp3) is 0.158. The number of ether oxygens (including phenoxy) is 2. The van der Waals surface area contributed by atoms with Crippen LogP contribution in [0.25, 0.3) is 11.3 Å². The number of nitrogens with zero attached hydrogens (tertiary/aromatic N) is 2. The van der Waals surface area contributed by atoms with Crippen molar-refractivity contribution >= 4 is 11.6 Å². The molecular weight excluding hydrogens is 337 g/mol. The van der Waals surface area contributed by atoms with Gasteiger partial charge in [0.1, 0.15) is 17.3 Å². The Balaban J connectivity index is 1.86. The van der Waals surface area contributed by atoms with Gasteiger partial charge in [0.2, 0.25) is 0 Å². The molecular formula is C19H18FN3O3. The Morgan fingerprint density at radius 1 is 1.08 bits per heavy atom. The van der Waals surface area contributed by atoms with Gasteiger partial charge in [0, 0.05) is 30.4 Å². The third-order valence-electron chi connectivity index (χ3n) is 3.89. The Labute approximate surface area is 150 Å². The van der Waals surface area contributed by atoms with Crippen molar-refractivity contribution in [2.75, 3.05) is 19.5 Å². The summed E-state index contributed by atoms with van der Waals surface area (Å²) in [5, 5.41) is 6.93. The van der Waals surface area contributed by atoms with E-state index in [0.29, 0.717) is 28.4 Å². The molecule has 134 valence electrons. The minimum atomic E-state index is -0.452. The number of nitrogens with one attached hydrogen (secondary N) is 1. The molecule has 6 nitrogen and oxygen atoms in total. The van der Waals surface area contributed by atoms with E-state index in [1.165, 1.54) is 17.9 Å². The molecule has 1 aromatic heterocycles. The molecule has 3 rings (SSSR count). The van der Waals surface area contributed by atoms with Gasteiger partial charge >= 0.3 is 0 Å². The zero-order valence-corrected chi connectivity index (χ0v) is 14.6. The number of hydrogen-bond acceptors (Lipinski definition) is 4. The van der Waals surface area contributed by atoms with Crippen LogP contribution in [-0.4, -0.2) is 29.9 Å². The van der Waals surface area contributed by atoms with Crippen LogP contribution in [0.5, 0.6) is 11.5 Å². The average Bonchev–Trinajstić information content (AvgIpc) is 3.03. The highest BCUT2D eigenvalue weighted by atomic mass is 19.1. The molecule has 0 radical (unpaired) electrons. The van der Waals surface area contributed by atoms with E-state index in [9.17, 15) is 9.18 Å². The van der Waals surface area contributed by atoms with Crippen molar-refractivity contribution in [2.24, 2.45) is 7.05 Å². The van der Waals surface area contributed by atoms with Gasteiger partial charge in [0.15, 0.2) is 5.69 Å². The summed E-state index contributed by atoms with van der Waals surface area (Å²) in [4.78, 5) is 12.5. The SMILES string of the molecule is COc1cccc(NC(=O)c2cc(-c3ccc(OC)cc3F)n(C)n2)c1. The molecule has 0 aliphatic rings. The molecule has 0 unspecified atom stereocenters. The minimum Gasteiger partial charge on any atom is -0.497 e. The highest BCUT2D eigenvalue weighted by molar-refractivity contribution is 6.03. The summed E-state index contributed by atoms with van der Waals surface area (Å²) in [5.74, 6) is 0.204. The molecule has 2 aromatic carbocycles. The minimum absolute atomic E-state index is 0.181. The van der Waals surface area contributed by atoms with E-state index in [0.717, 1.165) is 0 Å². The third kappa shape index (κ3) is 3.51. The summed E-state index contributed by atoms with van der Waals surface area (Å²) in [7, 11) is 4.68. The predicted octanol–water partition coefficient (Wildman–Crippen LogP) is 3.50. The predicted molar refractivity (Wildman–Crippen MR) is 96.1 cm³/mol. The Kier molecular flexibility index (Phi) is 4.88. The fourth-order valence-corrected chi connectivity index (χ4v) is 2.56. The lowest BCUT2D eigenvalue weighted by Crippen LogP contribution is -2.13. The molecule has 0 bridgehead atoms. The molecule has 7 heteroatoms. The molecule has 26 heavy (non-hydrogen) atoms. The van der Waals surface area contributed by atoms with Crippen molar-refractivity contribution in [1.82, 2.24) is 9.78 Å². The quantitative estimate of drug-likeness (QED) is 0.761. The molecule has 0 saturated heterocycles. The number of hydrogen-bond donors (Lipinski definition) is 1. The van der Waals surface area contributed by atoms with Gasteiger partial charge in [-0.15, -0.1) is 0 Å². The van der Waals surface area contributed by atoms with Gasteiger partial charge in [0.05, 0.1) is 19.9 Å². The second-order valence-electron chi connectivity index (χ2n) is 5.57. The second-order valence-corrected chi connectivity index (χ2v) is 5.57. The largest absolute Gasteiger partial charge is 0.497 e. The fourth-order valence-electron chi connectivity index (χ4n) is 2.56. The standard InChI is InChI=1S/C19H18FN3O3/c1-23-18(15-8-7-14(26-3)10-16(15)20)11-17(22-23)19(24)21-12-5-4-6-13(9-12)25-2/h4-11H,1-3H3,(H,21,24). The van der Waals surface area contributed by atoms with E-state index in [4.69, 9.17) is 9.47 Å². The molecule has 1 amide bonds. The van der Waals surface area contributed by atoms with E-state index < -0.39 is 11.7 Å². The van der Waals surface area contributed by atoms with Gasteiger partial charge < -0.3 is 14.8 Å². The van der Waals surface area contributed by atoms with Crippen LogP contribution in [0.3, 0.4) is 0 Å². The highest BCUT2D eigenvalue weighted by Crippen LogP contribution is 2.27. The summed E-state index contributed by atoms with van der Waals surface area (Å²) < 4.78 is 25.9. The Bertz CT molecular complexity index is 953. The van der Waals surface area contributed by atoms with Crippen molar-refractivity contribution < 1.29 is 18.7 Å². The molecule has 0 aliphatic carbocycles. The lowest BCUT2D eigenvalue weighted by atomic mass is 10.1. The van der Waals surface area contributed by atoms with Crippen LogP contribution < -0.4 is 14.8 Å². The van der Waals surface area contributed by atoms with Crippen LogP contribution in [0, 0.1) is 5.82 Å². The first-order valence-corrected chi connectivity index (χ1v) is 7.85. The molecule has 1 heterocycles. The number of halogens is 1. The van der Waals surface area contributed by atoms with E-state index in [-0.39, 0.29) is 5.69 Å². The number of benzene rings is 2. The maximum atomic E-state index is 14.3. The number of amides is 1. The molecule has 0 spiro atoms. The summed E-state index contributed by atoms with van der Waals surface area (Å²) in [6, 6.07) is 13.1. The highest BCUT2D eigenvalue weighted by Gasteiger charge is 2.17. The average molecular weight is 355 g/mol. The van der Waals surface area contributed by atoms with Crippen molar-refractivity contribution in [1.29, 1.82) is 0 Å². The molecule has 1 N–H and O–H groups in total. The van der Waals surface area contributed by atoms with Crippen LogP contribution >= 0.6 is 0 Å². The van der Waals surface area contributed by atoms with E-state index >= 15 is 0 Å². The van der Waals surface area contributed by atoms with Crippen LogP contribution in [0.2, 0.25) is 0 Å². The molecule has 0 atom stereocenters.